The van der Waals surface area contributed by atoms with Gasteiger partial charge in [0.15, 0.2) is 0 Å². The number of rotatable bonds is 2. The monoisotopic (exact) mass is 452 g/mol. The molecule has 6 nitrogen and oxygen atoms in total. The quantitative estimate of drug-likeness (QED) is 0.554. The van der Waals surface area contributed by atoms with E-state index in [2.05, 4.69) is 10.3 Å². The molecular formula is C24H19F3N4O2. The van der Waals surface area contributed by atoms with Crippen LogP contribution in [0, 0.1) is 16.7 Å². The summed E-state index contributed by atoms with van der Waals surface area (Å²) in [5.41, 5.74) is 0.375. The number of carbonyl (C=O) groups excluding carboxylic acids is 2. The number of likely N-dealkylation sites (tertiary alicyclic amines) is 1. The van der Waals surface area contributed by atoms with Crippen LogP contribution < -0.4 is 5.32 Å². The number of hydrogen-bond donors (Lipinski definition) is 2. The Morgan fingerprint density at radius 1 is 1.09 bits per heavy atom. The van der Waals surface area contributed by atoms with Crippen molar-refractivity contribution in [1.29, 1.82) is 5.26 Å². The normalized spacial score (nSPS) is 16.7. The van der Waals surface area contributed by atoms with Crippen LogP contribution in [-0.4, -0.2) is 34.8 Å². The van der Waals surface area contributed by atoms with E-state index >= 15 is 0 Å². The zero-order chi connectivity index (χ0) is 23.4. The molecule has 2 amide bonds. The van der Waals surface area contributed by atoms with E-state index in [-0.39, 0.29) is 22.2 Å². The fraction of sp³-hybridized carbons (Fsp3) is 0.292. The second-order valence-corrected chi connectivity index (χ2v) is 8.79. The molecule has 2 aliphatic rings. The molecule has 2 N–H and O–H groups in total. The van der Waals surface area contributed by atoms with Gasteiger partial charge in [-0.05, 0) is 61.1 Å². The second-order valence-electron chi connectivity index (χ2n) is 8.79. The standard InChI is InChI=1S/C24H19F3N4O2/c25-24(26,27)18-4-1-14(12-28)9-17(18)20-10-15-2-3-16(11-19(15)30-20)29-21(32)22(33)31-8-7-23(13-31)5-6-23/h1-4,9-11,30H,5-8,13H2,(H,29,32). The molecule has 1 spiro atoms. The lowest BCUT2D eigenvalue weighted by Gasteiger charge is -2.15. The van der Waals surface area contributed by atoms with Crippen LogP contribution >= 0.6 is 0 Å². The zero-order valence-corrected chi connectivity index (χ0v) is 17.4. The number of carbonyl (C=O) groups is 2. The number of nitrogens with zero attached hydrogens (tertiary/aromatic N) is 2. The molecule has 9 heteroatoms. The molecule has 2 heterocycles. The van der Waals surface area contributed by atoms with E-state index in [1.807, 2.05) is 6.07 Å². The van der Waals surface area contributed by atoms with Crippen LogP contribution in [0.15, 0.2) is 42.5 Å². The number of halogens is 3. The Morgan fingerprint density at radius 2 is 1.88 bits per heavy atom. The largest absolute Gasteiger partial charge is 0.417 e. The van der Waals surface area contributed by atoms with Gasteiger partial charge in [-0.1, -0.05) is 6.07 Å². The van der Waals surface area contributed by atoms with Gasteiger partial charge in [0.1, 0.15) is 0 Å². The average Bonchev–Trinajstić information content (AvgIpc) is 3.21. The highest BCUT2D eigenvalue weighted by Gasteiger charge is 2.49. The van der Waals surface area contributed by atoms with E-state index in [1.165, 1.54) is 6.07 Å². The van der Waals surface area contributed by atoms with E-state index in [0.29, 0.717) is 29.7 Å². The number of alkyl halides is 3. The average molecular weight is 452 g/mol. The molecule has 2 fully saturated rings. The lowest BCUT2D eigenvalue weighted by molar-refractivity contribution is -0.142. The number of amides is 2. The summed E-state index contributed by atoms with van der Waals surface area (Å²) >= 11 is 0. The maximum Gasteiger partial charge on any atom is 0.417 e. The molecule has 1 aliphatic carbocycles. The highest BCUT2D eigenvalue weighted by atomic mass is 19.4. The van der Waals surface area contributed by atoms with Crippen molar-refractivity contribution >= 4 is 28.4 Å². The van der Waals surface area contributed by atoms with Crippen molar-refractivity contribution in [2.45, 2.75) is 25.4 Å². The second kappa shape index (κ2) is 7.37. The predicted molar refractivity (Wildman–Crippen MR) is 115 cm³/mol. The minimum absolute atomic E-state index is 0.109. The fourth-order valence-electron chi connectivity index (χ4n) is 4.46. The highest BCUT2D eigenvalue weighted by molar-refractivity contribution is 6.39. The molecule has 1 saturated heterocycles. The van der Waals surface area contributed by atoms with Crippen molar-refractivity contribution in [1.82, 2.24) is 9.88 Å². The Kier molecular flexibility index (Phi) is 4.71. The fourth-order valence-corrected chi connectivity index (χ4v) is 4.46. The molecule has 0 bridgehead atoms. The summed E-state index contributed by atoms with van der Waals surface area (Å²) in [5, 5.41) is 12.3. The Labute approximate surface area is 187 Å². The number of aromatic nitrogens is 1. The summed E-state index contributed by atoms with van der Waals surface area (Å²) in [6.07, 6.45) is -1.47. The van der Waals surface area contributed by atoms with Gasteiger partial charge < -0.3 is 15.2 Å². The first-order valence-electron chi connectivity index (χ1n) is 10.5. The lowest BCUT2D eigenvalue weighted by Crippen LogP contribution is -2.38. The minimum atomic E-state index is -4.59. The number of anilines is 1. The van der Waals surface area contributed by atoms with Crippen molar-refractivity contribution in [2.75, 3.05) is 18.4 Å². The van der Waals surface area contributed by atoms with Gasteiger partial charge in [-0.15, -0.1) is 0 Å². The summed E-state index contributed by atoms with van der Waals surface area (Å²) in [5.74, 6) is -1.31. The summed E-state index contributed by atoms with van der Waals surface area (Å²) in [6, 6.07) is 11.4. The first kappa shape index (κ1) is 21.1. The van der Waals surface area contributed by atoms with Gasteiger partial charge in [-0.25, -0.2) is 0 Å². The number of nitriles is 1. The third-order valence-corrected chi connectivity index (χ3v) is 6.50. The molecule has 5 rings (SSSR count). The van der Waals surface area contributed by atoms with E-state index < -0.39 is 23.6 Å². The van der Waals surface area contributed by atoms with Crippen LogP contribution in [-0.2, 0) is 15.8 Å². The van der Waals surface area contributed by atoms with Gasteiger partial charge in [0.25, 0.3) is 0 Å². The van der Waals surface area contributed by atoms with Crippen molar-refractivity contribution in [3.63, 3.8) is 0 Å². The summed E-state index contributed by atoms with van der Waals surface area (Å²) < 4.78 is 40.5. The maximum absolute atomic E-state index is 13.5. The molecule has 1 aromatic heterocycles. The zero-order valence-electron chi connectivity index (χ0n) is 17.4. The molecule has 33 heavy (non-hydrogen) atoms. The summed E-state index contributed by atoms with van der Waals surface area (Å²) in [7, 11) is 0. The van der Waals surface area contributed by atoms with Crippen LogP contribution in [0.2, 0.25) is 0 Å². The van der Waals surface area contributed by atoms with Crippen LogP contribution in [0.4, 0.5) is 18.9 Å². The summed E-state index contributed by atoms with van der Waals surface area (Å²) in [4.78, 5) is 29.4. The van der Waals surface area contributed by atoms with E-state index in [4.69, 9.17) is 5.26 Å². The van der Waals surface area contributed by atoms with Gasteiger partial charge in [-0.2, -0.15) is 18.4 Å². The molecule has 168 valence electrons. The molecule has 0 atom stereocenters. The van der Waals surface area contributed by atoms with Gasteiger partial charge >= 0.3 is 18.0 Å². The minimum Gasteiger partial charge on any atom is -0.354 e. The Bertz CT molecular complexity index is 1330. The first-order chi connectivity index (χ1) is 15.7. The number of fused-ring (bicyclic) bond motifs is 1. The van der Waals surface area contributed by atoms with Crippen molar-refractivity contribution in [3.05, 3.63) is 53.6 Å². The molecule has 0 unspecified atom stereocenters. The molecule has 0 radical (unpaired) electrons. The lowest BCUT2D eigenvalue weighted by atomic mass is 10.0. The number of aromatic amines is 1. The van der Waals surface area contributed by atoms with Gasteiger partial charge in [-0.3, -0.25) is 9.59 Å². The van der Waals surface area contributed by atoms with Crippen molar-refractivity contribution in [2.24, 2.45) is 5.41 Å². The number of hydrogen-bond acceptors (Lipinski definition) is 3. The molecule has 2 aromatic carbocycles. The van der Waals surface area contributed by atoms with Crippen LogP contribution in [0.3, 0.4) is 0 Å². The molecule has 1 saturated carbocycles. The Morgan fingerprint density at radius 3 is 2.55 bits per heavy atom. The third kappa shape index (κ3) is 3.93. The van der Waals surface area contributed by atoms with E-state index in [0.717, 1.165) is 31.4 Å². The van der Waals surface area contributed by atoms with Crippen LogP contribution in [0.1, 0.15) is 30.4 Å². The van der Waals surface area contributed by atoms with Crippen LogP contribution in [0.5, 0.6) is 0 Å². The molecule has 3 aromatic rings. The molecule has 1 aliphatic heterocycles. The van der Waals surface area contributed by atoms with Gasteiger partial charge in [0, 0.05) is 40.9 Å². The van der Waals surface area contributed by atoms with Crippen molar-refractivity contribution < 1.29 is 22.8 Å². The predicted octanol–water partition coefficient (Wildman–Crippen LogP) is 4.68. The Balaban J connectivity index is 1.40. The number of nitrogens with one attached hydrogen (secondary N) is 2. The molecular weight excluding hydrogens is 433 g/mol. The van der Waals surface area contributed by atoms with E-state index in [9.17, 15) is 22.8 Å². The maximum atomic E-state index is 13.5. The first-order valence-corrected chi connectivity index (χ1v) is 10.5. The van der Waals surface area contributed by atoms with Gasteiger partial charge in [0.2, 0.25) is 0 Å². The highest BCUT2D eigenvalue weighted by Crippen LogP contribution is 2.52. The SMILES string of the molecule is N#Cc1ccc(C(F)(F)F)c(-c2cc3ccc(NC(=O)C(=O)N4CCC5(CC5)C4)cc3[nH]2)c1. The van der Waals surface area contributed by atoms with Crippen molar-refractivity contribution in [3.8, 4) is 17.3 Å². The van der Waals surface area contributed by atoms with E-state index in [1.54, 1.807) is 29.2 Å². The Hall–Kier alpha value is -3.80. The smallest absolute Gasteiger partial charge is 0.354 e. The number of H-pyrrole nitrogens is 1. The van der Waals surface area contributed by atoms with Crippen LogP contribution in [0.25, 0.3) is 22.2 Å². The number of benzene rings is 2. The van der Waals surface area contributed by atoms with Gasteiger partial charge in [0.05, 0.1) is 17.2 Å². The summed E-state index contributed by atoms with van der Waals surface area (Å²) in [6.45, 7) is 1.19. The third-order valence-electron chi connectivity index (χ3n) is 6.50. The topological polar surface area (TPSA) is 89.0 Å².